The summed E-state index contributed by atoms with van der Waals surface area (Å²) in [7, 11) is 0. The summed E-state index contributed by atoms with van der Waals surface area (Å²) in [5.74, 6) is 1.79. The van der Waals surface area contributed by atoms with Crippen LogP contribution in [0.4, 0.5) is 0 Å². The highest BCUT2D eigenvalue weighted by molar-refractivity contribution is 5.95. The smallest absolute Gasteiger partial charge is 0.164 e. The predicted octanol–water partition coefficient (Wildman–Crippen LogP) is 6.70. The molecule has 1 aliphatic carbocycles. The first-order chi connectivity index (χ1) is 11.7. The van der Waals surface area contributed by atoms with Gasteiger partial charge >= 0.3 is 0 Å². The molecule has 0 N–H and O–H groups in total. The first-order valence-electron chi connectivity index (χ1n) is 10.2. The molecule has 0 unspecified atom stereocenters. The Bertz CT molecular complexity index is 471. The summed E-state index contributed by atoms with van der Waals surface area (Å²) in [6.07, 6.45) is 16.7. The molecule has 2 rings (SSSR count). The summed E-state index contributed by atoms with van der Waals surface area (Å²) < 4.78 is 0. The molecular formula is C22H35NO. The Hall–Kier alpha value is -1.18. The van der Waals surface area contributed by atoms with Crippen molar-refractivity contribution in [1.29, 1.82) is 0 Å². The monoisotopic (exact) mass is 329 g/mol. The Morgan fingerprint density at radius 1 is 1.00 bits per heavy atom. The van der Waals surface area contributed by atoms with Gasteiger partial charge in [-0.1, -0.05) is 52.4 Å². The number of pyridine rings is 1. The molecule has 24 heavy (non-hydrogen) atoms. The SMILES string of the molecule is CCCCCCC1CCC(c2ccc(C(=O)CCCC)cn2)CC1. The zero-order chi connectivity index (χ0) is 17.2. The summed E-state index contributed by atoms with van der Waals surface area (Å²) in [6, 6.07) is 4.10. The number of hydrogen-bond acceptors (Lipinski definition) is 2. The Labute approximate surface area is 148 Å². The maximum atomic E-state index is 12.0. The molecule has 1 saturated carbocycles. The fourth-order valence-corrected chi connectivity index (χ4v) is 3.90. The summed E-state index contributed by atoms with van der Waals surface area (Å²) in [5.41, 5.74) is 1.99. The van der Waals surface area contributed by atoms with Crippen molar-refractivity contribution in [3.8, 4) is 0 Å². The molecular weight excluding hydrogens is 294 g/mol. The molecule has 1 aromatic rings. The first kappa shape index (κ1) is 19.1. The fraction of sp³-hybridized carbons (Fsp3) is 0.727. The third kappa shape index (κ3) is 6.03. The van der Waals surface area contributed by atoms with Gasteiger partial charge in [-0.05, 0) is 50.2 Å². The van der Waals surface area contributed by atoms with Crippen LogP contribution in [0.5, 0.6) is 0 Å². The Kier molecular flexibility index (Phi) is 8.49. The molecule has 1 aliphatic rings. The van der Waals surface area contributed by atoms with Crippen molar-refractivity contribution in [3.63, 3.8) is 0 Å². The zero-order valence-electron chi connectivity index (χ0n) is 15.7. The van der Waals surface area contributed by atoms with Gasteiger partial charge in [-0.2, -0.15) is 0 Å². The van der Waals surface area contributed by atoms with Gasteiger partial charge in [-0.3, -0.25) is 9.78 Å². The van der Waals surface area contributed by atoms with E-state index in [2.05, 4.69) is 24.9 Å². The molecule has 0 aliphatic heterocycles. The second-order valence-electron chi connectivity index (χ2n) is 7.57. The van der Waals surface area contributed by atoms with E-state index >= 15 is 0 Å². The predicted molar refractivity (Wildman–Crippen MR) is 102 cm³/mol. The summed E-state index contributed by atoms with van der Waals surface area (Å²) >= 11 is 0. The number of carbonyl (C=O) groups excluding carboxylic acids is 1. The van der Waals surface area contributed by atoms with Crippen LogP contribution in [-0.4, -0.2) is 10.8 Å². The van der Waals surface area contributed by atoms with Crippen molar-refractivity contribution in [1.82, 2.24) is 4.98 Å². The van der Waals surface area contributed by atoms with E-state index in [1.165, 1.54) is 63.5 Å². The molecule has 134 valence electrons. The first-order valence-corrected chi connectivity index (χ1v) is 10.2. The number of aromatic nitrogens is 1. The van der Waals surface area contributed by atoms with E-state index in [4.69, 9.17) is 0 Å². The van der Waals surface area contributed by atoms with E-state index in [0.717, 1.165) is 24.3 Å². The third-order valence-corrected chi connectivity index (χ3v) is 5.60. The van der Waals surface area contributed by atoms with E-state index in [1.54, 1.807) is 0 Å². The van der Waals surface area contributed by atoms with Gasteiger partial charge in [0, 0.05) is 29.8 Å². The molecule has 0 radical (unpaired) electrons. The summed E-state index contributed by atoms with van der Waals surface area (Å²) in [6.45, 7) is 4.40. The van der Waals surface area contributed by atoms with Gasteiger partial charge in [-0.25, -0.2) is 0 Å². The largest absolute Gasteiger partial charge is 0.294 e. The van der Waals surface area contributed by atoms with E-state index in [0.29, 0.717) is 12.3 Å². The highest BCUT2D eigenvalue weighted by atomic mass is 16.1. The molecule has 1 aromatic heterocycles. The molecule has 0 spiro atoms. The van der Waals surface area contributed by atoms with Gasteiger partial charge in [0.15, 0.2) is 5.78 Å². The second kappa shape index (κ2) is 10.6. The standard InChI is InChI=1S/C22H35NO/c1-3-5-7-8-9-18-11-13-19(14-12-18)21-16-15-20(17-23-21)22(24)10-6-4-2/h15-19H,3-14H2,1-2H3. The number of Topliss-reactive ketones (excluding diaryl/α,β-unsaturated/α-hetero) is 1. The maximum absolute atomic E-state index is 12.0. The number of ketones is 1. The Morgan fingerprint density at radius 3 is 2.38 bits per heavy atom. The van der Waals surface area contributed by atoms with Crippen LogP contribution in [0.3, 0.4) is 0 Å². The maximum Gasteiger partial charge on any atom is 0.164 e. The van der Waals surface area contributed by atoms with Crippen LogP contribution in [0.25, 0.3) is 0 Å². The highest BCUT2D eigenvalue weighted by Gasteiger charge is 2.23. The number of rotatable bonds is 10. The molecule has 0 saturated heterocycles. The second-order valence-corrected chi connectivity index (χ2v) is 7.57. The highest BCUT2D eigenvalue weighted by Crippen LogP contribution is 2.37. The average molecular weight is 330 g/mol. The molecule has 2 nitrogen and oxygen atoms in total. The normalized spacial score (nSPS) is 20.9. The third-order valence-electron chi connectivity index (χ3n) is 5.60. The van der Waals surface area contributed by atoms with Gasteiger partial charge in [-0.15, -0.1) is 0 Å². The van der Waals surface area contributed by atoms with Crippen molar-refractivity contribution in [2.45, 2.75) is 96.8 Å². The van der Waals surface area contributed by atoms with Gasteiger partial charge in [0.25, 0.3) is 0 Å². The number of hydrogen-bond donors (Lipinski definition) is 0. The number of unbranched alkanes of at least 4 members (excludes halogenated alkanes) is 4. The molecule has 1 heterocycles. The van der Waals surface area contributed by atoms with Crippen LogP contribution < -0.4 is 0 Å². The van der Waals surface area contributed by atoms with Gasteiger partial charge < -0.3 is 0 Å². The van der Waals surface area contributed by atoms with E-state index < -0.39 is 0 Å². The van der Waals surface area contributed by atoms with Crippen LogP contribution in [0, 0.1) is 5.92 Å². The summed E-state index contributed by atoms with van der Waals surface area (Å²) in [5, 5.41) is 0. The van der Waals surface area contributed by atoms with E-state index in [9.17, 15) is 4.79 Å². The van der Waals surface area contributed by atoms with Crippen LogP contribution in [-0.2, 0) is 0 Å². The molecule has 0 aromatic carbocycles. The number of carbonyl (C=O) groups is 1. The lowest BCUT2D eigenvalue weighted by Gasteiger charge is -2.28. The van der Waals surface area contributed by atoms with Crippen molar-refractivity contribution in [3.05, 3.63) is 29.6 Å². The molecule has 0 amide bonds. The molecule has 0 atom stereocenters. The van der Waals surface area contributed by atoms with Gasteiger partial charge in [0.2, 0.25) is 0 Å². The lowest BCUT2D eigenvalue weighted by molar-refractivity contribution is 0.0979. The van der Waals surface area contributed by atoms with E-state index in [1.807, 2.05) is 12.3 Å². The van der Waals surface area contributed by atoms with Gasteiger partial charge in [0.05, 0.1) is 0 Å². The fourth-order valence-electron chi connectivity index (χ4n) is 3.90. The van der Waals surface area contributed by atoms with Crippen LogP contribution in [0.2, 0.25) is 0 Å². The Morgan fingerprint density at radius 2 is 1.75 bits per heavy atom. The molecule has 2 heteroatoms. The zero-order valence-corrected chi connectivity index (χ0v) is 15.7. The minimum absolute atomic E-state index is 0.242. The lowest BCUT2D eigenvalue weighted by atomic mass is 9.78. The Balaban J connectivity index is 1.76. The van der Waals surface area contributed by atoms with Gasteiger partial charge in [0.1, 0.15) is 0 Å². The lowest BCUT2D eigenvalue weighted by Crippen LogP contribution is -2.14. The minimum Gasteiger partial charge on any atom is -0.294 e. The molecule has 0 bridgehead atoms. The summed E-state index contributed by atoms with van der Waals surface area (Å²) in [4.78, 5) is 16.7. The number of nitrogens with zero attached hydrogens (tertiary/aromatic N) is 1. The average Bonchev–Trinajstić information content (AvgIpc) is 2.64. The van der Waals surface area contributed by atoms with E-state index in [-0.39, 0.29) is 5.78 Å². The minimum atomic E-state index is 0.242. The quantitative estimate of drug-likeness (QED) is 0.353. The van der Waals surface area contributed by atoms with Crippen molar-refractivity contribution >= 4 is 5.78 Å². The van der Waals surface area contributed by atoms with Crippen LogP contribution in [0.15, 0.2) is 18.3 Å². The topological polar surface area (TPSA) is 30.0 Å². The van der Waals surface area contributed by atoms with Crippen LogP contribution >= 0.6 is 0 Å². The van der Waals surface area contributed by atoms with Crippen molar-refractivity contribution < 1.29 is 4.79 Å². The molecule has 1 fully saturated rings. The van der Waals surface area contributed by atoms with Crippen LogP contribution in [0.1, 0.15) is 113 Å². The van der Waals surface area contributed by atoms with Crippen molar-refractivity contribution in [2.24, 2.45) is 5.92 Å². The van der Waals surface area contributed by atoms with Crippen molar-refractivity contribution in [2.75, 3.05) is 0 Å².